The predicted molar refractivity (Wildman–Crippen MR) is 90.9 cm³/mol. The molecule has 0 atom stereocenters. The minimum Gasteiger partial charge on any atom is -0.384 e. The Bertz CT molecular complexity index is 779. The van der Waals surface area contributed by atoms with Crippen LogP contribution in [0.15, 0.2) is 24.4 Å². The molecule has 3 rings (SSSR count). The lowest BCUT2D eigenvalue weighted by molar-refractivity contribution is 0.0684. The Morgan fingerprint density at radius 2 is 2.04 bits per heavy atom. The number of likely N-dealkylation sites (tertiary alicyclic amines) is 1. The topological polar surface area (TPSA) is 71.2 Å². The van der Waals surface area contributed by atoms with Crippen molar-refractivity contribution in [3.63, 3.8) is 0 Å². The summed E-state index contributed by atoms with van der Waals surface area (Å²) in [7, 11) is 0. The number of piperidine rings is 1. The van der Waals surface area contributed by atoms with E-state index in [9.17, 15) is 14.3 Å². The summed E-state index contributed by atoms with van der Waals surface area (Å²) in [6, 6.07) is 4.18. The van der Waals surface area contributed by atoms with E-state index in [0.29, 0.717) is 31.6 Å². The van der Waals surface area contributed by atoms with Gasteiger partial charge in [-0.2, -0.15) is 0 Å². The molecule has 0 unspecified atom stereocenters. The minimum atomic E-state index is -1.04. The number of carbonyl (C=O) groups excluding carboxylic acids is 1. The number of hydrogen-bond donors (Lipinski definition) is 1. The van der Waals surface area contributed by atoms with E-state index >= 15 is 0 Å². The van der Waals surface area contributed by atoms with Crippen molar-refractivity contribution >= 4 is 17.5 Å². The Hall–Kier alpha value is -1.99. The van der Waals surface area contributed by atoms with Crippen molar-refractivity contribution in [3.8, 4) is 0 Å². The van der Waals surface area contributed by atoms with Gasteiger partial charge in [0, 0.05) is 18.1 Å². The van der Waals surface area contributed by atoms with E-state index in [4.69, 9.17) is 11.6 Å². The first-order valence-corrected chi connectivity index (χ1v) is 8.52. The molecule has 1 aliphatic rings. The number of benzene rings is 1. The summed E-state index contributed by atoms with van der Waals surface area (Å²) in [5.41, 5.74) is -0.497. The average molecular weight is 367 g/mol. The van der Waals surface area contributed by atoms with Crippen LogP contribution in [0.5, 0.6) is 0 Å². The van der Waals surface area contributed by atoms with Crippen LogP contribution in [0.4, 0.5) is 4.39 Å². The highest BCUT2D eigenvalue weighted by atomic mass is 35.5. The van der Waals surface area contributed by atoms with Crippen molar-refractivity contribution in [1.82, 2.24) is 19.9 Å². The fourth-order valence-electron chi connectivity index (χ4n) is 2.90. The van der Waals surface area contributed by atoms with Gasteiger partial charge in [-0.05, 0) is 44.9 Å². The van der Waals surface area contributed by atoms with E-state index in [0.717, 1.165) is 6.07 Å². The van der Waals surface area contributed by atoms with Gasteiger partial charge >= 0.3 is 0 Å². The lowest BCUT2D eigenvalue weighted by Gasteiger charge is -2.32. The first-order valence-electron chi connectivity index (χ1n) is 8.14. The summed E-state index contributed by atoms with van der Waals surface area (Å²) in [5.74, 6) is -0.936. The molecule has 0 spiro atoms. The maximum absolute atomic E-state index is 13.9. The third-order valence-electron chi connectivity index (χ3n) is 4.42. The summed E-state index contributed by atoms with van der Waals surface area (Å²) in [6.45, 7) is 4.32. The third kappa shape index (κ3) is 3.82. The summed E-state index contributed by atoms with van der Waals surface area (Å²) >= 11 is 5.73. The van der Waals surface area contributed by atoms with Crippen LogP contribution in [-0.4, -0.2) is 44.0 Å². The van der Waals surface area contributed by atoms with Crippen LogP contribution in [-0.2, 0) is 5.60 Å². The van der Waals surface area contributed by atoms with Crippen molar-refractivity contribution in [2.45, 2.75) is 38.3 Å². The molecular formula is C17H20ClFN4O2. The van der Waals surface area contributed by atoms with Crippen molar-refractivity contribution < 1.29 is 14.3 Å². The fraction of sp³-hybridized carbons (Fsp3) is 0.471. The maximum atomic E-state index is 13.9. The fourth-order valence-corrected chi connectivity index (χ4v) is 3.06. The number of amides is 1. The number of carbonyl (C=O) groups is 1. The molecule has 1 fully saturated rings. The zero-order valence-electron chi connectivity index (χ0n) is 14.1. The largest absolute Gasteiger partial charge is 0.384 e. The number of aliphatic hydroxyl groups is 1. The van der Waals surface area contributed by atoms with Crippen molar-refractivity contribution in [3.05, 3.63) is 46.5 Å². The van der Waals surface area contributed by atoms with Crippen molar-refractivity contribution in [2.24, 2.45) is 0 Å². The Morgan fingerprint density at radius 1 is 1.36 bits per heavy atom. The Balaban J connectivity index is 1.65. The summed E-state index contributed by atoms with van der Waals surface area (Å²) < 4.78 is 15.7. The Morgan fingerprint density at radius 3 is 2.60 bits per heavy atom. The number of aromatic nitrogens is 3. The normalized spacial score (nSPS) is 16.3. The molecule has 1 aromatic heterocycles. The van der Waals surface area contributed by atoms with E-state index in [1.54, 1.807) is 29.6 Å². The highest BCUT2D eigenvalue weighted by molar-refractivity contribution is 6.30. The molecule has 6 nitrogen and oxygen atoms in total. The molecule has 25 heavy (non-hydrogen) atoms. The number of halogens is 2. The quantitative estimate of drug-likeness (QED) is 0.906. The van der Waals surface area contributed by atoms with Crippen LogP contribution in [0.25, 0.3) is 0 Å². The van der Waals surface area contributed by atoms with Gasteiger partial charge in [0.25, 0.3) is 5.91 Å². The van der Waals surface area contributed by atoms with E-state index < -0.39 is 11.4 Å². The van der Waals surface area contributed by atoms with Crippen LogP contribution in [0.2, 0.25) is 5.02 Å². The number of nitrogens with zero attached hydrogens (tertiary/aromatic N) is 4. The summed E-state index contributed by atoms with van der Waals surface area (Å²) in [6.07, 6.45) is 3.12. The van der Waals surface area contributed by atoms with Crippen molar-refractivity contribution in [2.75, 3.05) is 13.1 Å². The number of hydrogen-bond acceptors (Lipinski definition) is 4. The van der Waals surface area contributed by atoms with E-state index in [1.165, 1.54) is 12.1 Å². The second-order valence-corrected chi connectivity index (χ2v) is 7.23. The van der Waals surface area contributed by atoms with Gasteiger partial charge in [-0.15, -0.1) is 5.10 Å². The summed E-state index contributed by atoms with van der Waals surface area (Å²) in [5, 5.41) is 18.3. The van der Waals surface area contributed by atoms with Crippen LogP contribution in [0.3, 0.4) is 0 Å². The number of rotatable bonds is 3. The van der Waals surface area contributed by atoms with Gasteiger partial charge in [-0.3, -0.25) is 4.79 Å². The van der Waals surface area contributed by atoms with Crippen LogP contribution < -0.4 is 0 Å². The van der Waals surface area contributed by atoms with Gasteiger partial charge in [0.1, 0.15) is 17.1 Å². The Kier molecular flexibility index (Phi) is 4.79. The average Bonchev–Trinajstić information content (AvgIpc) is 3.05. The second kappa shape index (κ2) is 6.72. The van der Waals surface area contributed by atoms with Crippen molar-refractivity contribution in [1.29, 1.82) is 0 Å². The molecule has 0 radical (unpaired) electrons. The monoisotopic (exact) mass is 366 g/mol. The molecule has 1 aliphatic heterocycles. The van der Waals surface area contributed by atoms with Crippen LogP contribution >= 0.6 is 11.6 Å². The highest BCUT2D eigenvalue weighted by Crippen LogP contribution is 2.25. The molecule has 0 bridgehead atoms. The first-order chi connectivity index (χ1) is 11.8. The van der Waals surface area contributed by atoms with Gasteiger partial charge in [0.2, 0.25) is 0 Å². The lowest BCUT2D eigenvalue weighted by Crippen LogP contribution is -2.39. The molecular weight excluding hydrogens is 347 g/mol. The SMILES string of the molecule is CC(C)(O)c1cn(C2CCN(C(=O)c3ccc(Cl)cc3F)CC2)nn1. The minimum absolute atomic E-state index is 0.0351. The van der Waals surface area contributed by atoms with Crippen LogP contribution in [0, 0.1) is 5.82 Å². The zero-order valence-corrected chi connectivity index (χ0v) is 14.9. The van der Waals surface area contributed by atoms with E-state index in [1.807, 2.05) is 0 Å². The highest BCUT2D eigenvalue weighted by Gasteiger charge is 2.28. The standard InChI is InChI=1S/C17H20ClFN4O2/c1-17(2,25)15-10-23(21-20-15)12-5-7-22(8-6-12)16(24)13-4-3-11(18)9-14(13)19/h3-4,9-10,12,25H,5-8H2,1-2H3. The first kappa shape index (κ1) is 17.8. The van der Waals surface area contributed by atoms with Crippen LogP contribution in [0.1, 0.15) is 48.8 Å². The molecule has 8 heteroatoms. The molecule has 1 aromatic carbocycles. The molecule has 0 aliphatic carbocycles. The molecule has 0 saturated carbocycles. The molecule has 2 heterocycles. The second-order valence-electron chi connectivity index (χ2n) is 6.79. The van der Waals surface area contributed by atoms with Gasteiger partial charge in [0.05, 0.1) is 17.8 Å². The molecule has 2 aromatic rings. The van der Waals surface area contributed by atoms with E-state index in [2.05, 4.69) is 10.3 Å². The predicted octanol–water partition coefficient (Wildman–Crippen LogP) is 2.78. The molecule has 1 N–H and O–H groups in total. The van der Waals surface area contributed by atoms with Gasteiger partial charge in [-0.1, -0.05) is 16.8 Å². The zero-order chi connectivity index (χ0) is 18.2. The third-order valence-corrected chi connectivity index (χ3v) is 4.66. The summed E-state index contributed by atoms with van der Waals surface area (Å²) in [4.78, 5) is 14.1. The van der Waals surface area contributed by atoms with Gasteiger partial charge in [-0.25, -0.2) is 9.07 Å². The van der Waals surface area contributed by atoms with Gasteiger partial charge < -0.3 is 10.0 Å². The lowest BCUT2D eigenvalue weighted by atomic mass is 10.0. The van der Waals surface area contributed by atoms with Gasteiger partial charge in [0.15, 0.2) is 0 Å². The molecule has 134 valence electrons. The maximum Gasteiger partial charge on any atom is 0.256 e. The molecule has 1 saturated heterocycles. The molecule has 1 amide bonds. The Labute approximate surface area is 150 Å². The van der Waals surface area contributed by atoms with E-state index in [-0.39, 0.29) is 22.5 Å². The smallest absolute Gasteiger partial charge is 0.256 e.